The molecule has 10 heteroatoms. The molecule has 3 heterocycles. The summed E-state index contributed by atoms with van der Waals surface area (Å²) in [6, 6.07) is 12.5. The fourth-order valence-corrected chi connectivity index (χ4v) is 5.89. The van der Waals surface area contributed by atoms with E-state index < -0.39 is 6.04 Å². The molecule has 41 heavy (non-hydrogen) atoms. The van der Waals surface area contributed by atoms with Crippen molar-refractivity contribution in [1.82, 2.24) is 25.3 Å². The van der Waals surface area contributed by atoms with Gasteiger partial charge in [-0.05, 0) is 74.4 Å². The number of rotatable bonds is 1. The average Bonchev–Trinajstić information content (AvgIpc) is 3.41. The molecular weight excluding hydrogens is 522 g/mol. The minimum atomic E-state index is -0.447. The lowest BCUT2D eigenvalue weighted by atomic mass is 9.95. The number of aromatic amines is 1. The minimum Gasteiger partial charge on any atom is -0.457 e. The van der Waals surface area contributed by atoms with Crippen molar-refractivity contribution in [3.8, 4) is 11.5 Å². The molecule has 0 radical (unpaired) electrons. The lowest BCUT2D eigenvalue weighted by Gasteiger charge is -2.39. The number of nitrogens with zero attached hydrogens (tertiary/aromatic N) is 3. The highest BCUT2D eigenvalue weighted by atomic mass is 16.5. The van der Waals surface area contributed by atoms with Gasteiger partial charge in [-0.15, -0.1) is 0 Å². The quantitative estimate of drug-likeness (QED) is 0.474. The molecule has 6 rings (SSSR count). The van der Waals surface area contributed by atoms with Gasteiger partial charge in [0.05, 0.1) is 25.3 Å². The molecule has 3 aromatic rings. The molecule has 1 saturated heterocycles. The number of carbonyl (C=O) groups excluding carboxylic acids is 3. The van der Waals surface area contributed by atoms with E-state index in [1.807, 2.05) is 37.3 Å². The van der Waals surface area contributed by atoms with Crippen LogP contribution in [0.4, 0.5) is 0 Å². The molecule has 1 fully saturated rings. The summed E-state index contributed by atoms with van der Waals surface area (Å²) < 4.78 is 12.5. The van der Waals surface area contributed by atoms with Crippen molar-refractivity contribution in [3.05, 3.63) is 76.1 Å². The highest BCUT2D eigenvalue weighted by Crippen LogP contribution is 2.29. The van der Waals surface area contributed by atoms with Gasteiger partial charge in [-0.25, -0.2) is 0 Å². The molecule has 1 aliphatic carbocycles. The van der Waals surface area contributed by atoms with Crippen molar-refractivity contribution in [2.24, 2.45) is 0 Å². The molecular formula is C31H35N5O5. The molecule has 1 aromatic heterocycles. The van der Waals surface area contributed by atoms with Crippen LogP contribution in [0.1, 0.15) is 62.5 Å². The zero-order valence-corrected chi connectivity index (χ0v) is 23.4. The van der Waals surface area contributed by atoms with Gasteiger partial charge in [-0.3, -0.25) is 19.5 Å². The van der Waals surface area contributed by atoms with E-state index in [4.69, 9.17) is 9.47 Å². The third-order valence-corrected chi connectivity index (χ3v) is 8.19. The van der Waals surface area contributed by atoms with Gasteiger partial charge >= 0.3 is 0 Å². The molecule has 214 valence electrons. The molecule has 0 saturated carbocycles. The Labute approximate surface area is 239 Å². The lowest BCUT2D eigenvalue weighted by molar-refractivity contribution is -0.124. The first-order chi connectivity index (χ1) is 19.9. The van der Waals surface area contributed by atoms with Gasteiger partial charge in [0.1, 0.15) is 11.5 Å². The van der Waals surface area contributed by atoms with E-state index in [0.717, 1.165) is 48.1 Å². The molecule has 2 N–H and O–H groups in total. The van der Waals surface area contributed by atoms with Gasteiger partial charge in [0, 0.05) is 37.0 Å². The normalized spacial score (nSPS) is 21.4. The molecule has 2 aliphatic heterocycles. The number of ether oxygens (including phenoxy) is 2. The second-order valence-electron chi connectivity index (χ2n) is 11.2. The van der Waals surface area contributed by atoms with Crippen LogP contribution < -0.4 is 10.1 Å². The smallest absolute Gasteiger partial charge is 0.274 e. The second kappa shape index (κ2) is 11.4. The molecule has 3 amide bonds. The SMILES string of the molecule is Cc1ccc2cc1Oc1cccc(c1)CO[C@@H]1CCN(C(=O)c3n[nH]c4c3CCCC4)C[C@@H]1NC(=O)CN(C)C2=O. The van der Waals surface area contributed by atoms with E-state index in [2.05, 4.69) is 15.5 Å². The summed E-state index contributed by atoms with van der Waals surface area (Å²) >= 11 is 0. The summed E-state index contributed by atoms with van der Waals surface area (Å²) in [6.45, 7) is 2.90. The van der Waals surface area contributed by atoms with Crippen molar-refractivity contribution in [3.63, 3.8) is 0 Å². The first-order valence-corrected chi connectivity index (χ1v) is 14.2. The summed E-state index contributed by atoms with van der Waals surface area (Å²) in [7, 11) is 1.60. The van der Waals surface area contributed by atoms with Crippen LogP contribution in [0.3, 0.4) is 0 Å². The van der Waals surface area contributed by atoms with Crippen LogP contribution in [0.15, 0.2) is 42.5 Å². The van der Waals surface area contributed by atoms with Crippen molar-refractivity contribution >= 4 is 17.7 Å². The van der Waals surface area contributed by atoms with Crippen LogP contribution >= 0.6 is 0 Å². The predicted molar refractivity (Wildman–Crippen MR) is 151 cm³/mol. The van der Waals surface area contributed by atoms with Gasteiger partial charge in [0.25, 0.3) is 11.8 Å². The summed E-state index contributed by atoms with van der Waals surface area (Å²) in [5.41, 5.74) is 4.80. The van der Waals surface area contributed by atoms with Crippen LogP contribution in [-0.4, -0.2) is 76.5 Å². The molecule has 3 aliphatic rings. The van der Waals surface area contributed by atoms with E-state index in [0.29, 0.717) is 48.9 Å². The van der Waals surface area contributed by atoms with Crippen LogP contribution in [0.5, 0.6) is 11.5 Å². The summed E-state index contributed by atoms with van der Waals surface area (Å²) in [6.07, 6.45) is 4.13. The van der Waals surface area contributed by atoms with Crippen LogP contribution in [0.2, 0.25) is 0 Å². The Hall–Kier alpha value is -4.18. The fourth-order valence-electron chi connectivity index (χ4n) is 5.89. The summed E-state index contributed by atoms with van der Waals surface area (Å²) in [5.74, 6) is 0.489. The number of nitrogens with one attached hydrogen (secondary N) is 2. The van der Waals surface area contributed by atoms with Crippen molar-refractivity contribution in [2.75, 3.05) is 26.7 Å². The maximum atomic E-state index is 13.6. The second-order valence-corrected chi connectivity index (χ2v) is 11.2. The van der Waals surface area contributed by atoms with Crippen LogP contribution in [0.25, 0.3) is 0 Å². The highest BCUT2D eigenvalue weighted by Gasteiger charge is 2.36. The number of hydrogen-bond donors (Lipinski definition) is 2. The van der Waals surface area contributed by atoms with E-state index >= 15 is 0 Å². The molecule has 0 unspecified atom stereocenters. The lowest BCUT2D eigenvalue weighted by Crippen LogP contribution is -2.58. The van der Waals surface area contributed by atoms with Crippen molar-refractivity contribution in [1.29, 1.82) is 0 Å². The molecule has 10 nitrogen and oxygen atoms in total. The zero-order valence-electron chi connectivity index (χ0n) is 23.4. The standard InChI is InChI=1S/C31H35N5O5/c1-19-10-11-21-15-27(19)41-22-7-5-6-20(14-22)18-40-26-12-13-36(16-25(26)32-28(37)17-35(2)30(21)38)31(39)29-23-8-3-4-9-24(23)33-34-29/h5-7,10-11,14-15,25-26H,3-4,8-9,12-13,16-18H2,1-2H3,(H,32,37)(H,33,34)/t25-,26+/m0/s1. The van der Waals surface area contributed by atoms with Gasteiger partial charge in [0.2, 0.25) is 5.91 Å². The number of likely N-dealkylation sites (tertiary alicyclic amines) is 1. The molecule has 4 bridgehead atoms. The largest absolute Gasteiger partial charge is 0.457 e. The molecule has 2 atom stereocenters. The van der Waals surface area contributed by atoms with Crippen molar-refractivity contribution in [2.45, 2.75) is 57.8 Å². The Balaban J connectivity index is 1.26. The number of carbonyl (C=O) groups is 3. The Kier molecular flexibility index (Phi) is 7.49. The van der Waals surface area contributed by atoms with Crippen LogP contribution in [-0.2, 0) is 29.0 Å². The van der Waals surface area contributed by atoms with Gasteiger partial charge in [-0.2, -0.15) is 5.10 Å². The Morgan fingerprint density at radius 1 is 1.10 bits per heavy atom. The molecule has 2 aromatic carbocycles. The number of likely N-dealkylation sites (N-methyl/N-ethyl adjacent to an activating group) is 1. The van der Waals surface area contributed by atoms with E-state index in [9.17, 15) is 14.4 Å². The summed E-state index contributed by atoms with van der Waals surface area (Å²) in [5, 5.41) is 10.5. The summed E-state index contributed by atoms with van der Waals surface area (Å²) in [4.78, 5) is 43.1. The van der Waals surface area contributed by atoms with Crippen LogP contribution in [0, 0.1) is 6.92 Å². The number of H-pyrrole nitrogens is 1. The first-order valence-electron chi connectivity index (χ1n) is 14.2. The topological polar surface area (TPSA) is 117 Å². The van der Waals surface area contributed by atoms with Crippen molar-refractivity contribution < 1.29 is 23.9 Å². The third kappa shape index (κ3) is 5.69. The van der Waals surface area contributed by atoms with Gasteiger partial charge in [0.15, 0.2) is 5.69 Å². The van der Waals surface area contributed by atoms with E-state index in [1.165, 1.54) is 4.90 Å². The number of aryl methyl sites for hydroxylation is 2. The first kappa shape index (κ1) is 27.0. The zero-order chi connectivity index (χ0) is 28.5. The average molecular weight is 558 g/mol. The molecule has 0 spiro atoms. The number of piperidine rings is 1. The monoisotopic (exact) mass is 557 g/mol. The fraction of sp³-hybridized carbons (Fsp3) is 0.419. The van der Waals surface area contributed by atoms with E-state index in [-0.39, 0.29) is 30.4 Å². The maximum Gasteiger partial charge on any atom is 0.274 e. The Bertz CT molecular complexity index is 1480. The third-order valence-electron chi connectivity index (χ3n) is 8.19. The number of hydrogen-bond acceptors (Lipinski definition) is 6. The number of fused-ring (bicyclic) bond motifs is 6. The Morgan fingerprint density at radius 2 is 1.95 bits per heavy atom. The minimum absolute atomic E-state index is 0.128. The van der Waals surface area contributed by atoms with E-state index in [1.54, 1.807) is 24.1 Å². The van der Waals surface area contributed by atoms with Gasteiger partial charge in [-0.1, -0.05) is 18.2 Å². The maximum absolute atomic E-state index is 13.6. The Morgan fingerprint density at radius 3 is 2.83 bits per heavy atom. The van der Waals surface area contributed by atoms with Gasteiger partial charge < -0.3 is 24.6 Å². The number of benzene rings is 2. The number of aromatic nitrogens is 2. The number of amides is 3. The predicted octanol–water partition coefficient (Wildman–Crippen LogP) is 3.39. The highest BCUT2D eigenvalue weighted by molar-refractivity contribution is 5.97.